The van der Waals surface area contributed by atoms with Gasteiger partial charge in [0.1, 0.15) is 5.82 Å². The number of rotatable bonds is 6. The highest BCUT2D eigenvalue weighted by Crippen LogP contribution is 2.30. The van der Waals surface area contributed by atoms with Crippen LogP contribution in [0.25, 0.3) is 11.0 Å². The van der Waals surface area contributed by atoms with E-state index < -0.39 is 0 Å². The molecule has 0 bridgehead atoms. The van der Waals surface area contributed by atoms with Gasteiger partial charge in [-0.3, -0.25) is 4.79 Å². The van der Waals surface area contributed by atoms with Crippen LogP contribution in [0, 0.1) is 0 Å². The third-order valence-corrected chi connectivity index (χ3v) is 5.22. The van der Waals surface area contributed by atoms with Gasteiger partial charge in [0.25, 0.3) is 0 Å². The number of para-hydroxylation sites is 2. The van der Waals surface area contributed by atoms with Crippen LogP contribution in [0.3, 0.4) is 0 Å². The van der Waals surface area contributed by atoms with Gasteiger partial charge in [-0.2, -0.15) is 0 Å². The highest BCUT2D eigenvalue weighted by atomic mass is 16.2. The van der Waals surface area contributed by atoms with Gasteiger partial charge in [0.15, 0.2) is 0 Å². The fourth-order valence-electron chi connectivity index (χ4n) is 3.93. The summed E-state index contributed by atoms with van der Waals surface area (Å²) in [6.45, 7) is 4.70. The predicted molar refractivity (Wildman–Crippen MR) is 104 cm³/mol. The minimum absolute atomic E-state index is 0.192. The molecule has 2 heterocycles. The zero-order valence-electron chi connectivity index (χ0n) is 15.3. The molecule has 4 heteroatoms. The summed E-state index contributed by atoms with van der Waals surface area (Å²) in [5.41, 5.74) is 3.49. The number of fused-ring (bicyclic) bond motifs is 1. The first-order chi connectivity index (χ1) is 12.8. The fourth-order valence-corrected chi connectivity index (χ4v) is 3.93. The lowest BCUT2D eigenvalue weighted by Crippen LogP contribution is -2.27. The van der Waals surface area contributed by atoms with E-state index >= 15 is 0 Å². The van der Waals surface area contributed by atoms with Crippen LogP contribution in [0.15, 0.2) is 54.6 Å². The number of aromatic nitrogens is 2. The molecule has 0 spiro atoms. The van der Waals surface area contributed by atoms with Crippen molar-refractivity contribution in [3.8, 4) is 0 Å². The van der Waals surface area contributed by atoms with E-state index in [1.54, 1.807) is 0 Å². The van der Waals surface area contributed by atoms with Crippen molar-refractivity contribution >= 4 is 16.9 Å². The van der Waals surface area contributed by atoms with Gasteiger partial charge in [-0.1, -0.05) is 49.4 Å². The van der Waals surface area contributed by atoms with E-state index in [4.69, 9.17) is 4.98 Å². The van der Waals surface area contributed by atoms with Gasteiger partial charge in [0, 0.05) is 32.0 Å². The number of amides is 1. The van der Waals surface area contributed by atoms with Crippen LogP contribution >= 0.6 is 0 Å². The van der Waals surface area contributed by atoms with Crippen LogP contribution in [0.2, 0.25) is 0 Å². The van der Waals surface area contributed by atoms with E-state index in [0.29, 0.717) is 6.42 Å². The van der Waals surface area contributed by atoms with Gasteiger partial charge in [-0.15, -0.1) is 0 Å². The molecule has 0 unspecified atom stereocenters. The number of imidazole rings is 1. The average Bonchev–Trinajstić information content (AvgIpc) is 3.22. The normalized spacial score (nSPS) is 17.3. The lowest BCUT2D eigenvalue weighted by Gasteiger charge is -2.17. The number of benzene rings is 2. The molecule has 1 aliphatic rings. The monoisotopic (exact) mass is 347 g/mol. The Morgan fingerprint density at radius 3 is 2.62 bits per heavy atom. The third kappa shape index (κ3) is 3.24. The molecular formula is C22H25N3O. The van der Waals surface area contributed by atoms with Crippen molar-refractivity contribution in [2.24, 2.45) is 0 Å². The molecule has 1 amide bonds. The molecule has 26 heavy (non-hydrogen) atoms. The minimum Gasteiger partial charge on any atom is -0.342 e. The molecule has 3 aromatic rings. The Labute approximate surface area is 154 Å². The van der Waals surface area contributed by atoms with Crippen molar-refractivity contribution < 1.29 is 4.79 Å². The van der Waals surface area contributed by atoms with Gasteiger partial charge in [0.2, 0.25) is 5.91 Å². The SMILES string of the molecule is CCCn1c([C@H]2CC(=O)N(CCc3ccccc3)C2)nc2ccccc21. The number of likely N-dealkylation sites (tertiary alicyclic amines) is 1. The second kappa shape index (κ2) is 7.32. The van der Waals surface area contributed by atoms with Crippen molar-refractivity contribution in [3.05, 3.63) is 66.0 Å². The van der Waals surface area contributed by atoms with E-state index in [0.717, 1.165) is 43.8 Å². The van der Waals surface area contributed by atoms with Crippen LogP contribution < -0.4 is 0 Å². The van der Waals surface area contributed by atoms with E-state index in [9.17, 15) is 4.79 Å². The van der Waals surface area contributed by atoms with Gasteiger partial charge in [-0.25, -0.2) is 4.98 Å². The van der Waals surface area contributed by atoms with E-state index in [1.165, 1.54) is 11.1 Å². The third-order valence-electron chi connectivity index (χ3n) is 5.22. The lowest BCUT2D eigenvalue weighted by atomic mass is 10.1. The van der Waals surface area contributed by atoms with Gasteiger partial charge >= 0.3 is 0 Å². The molecule has 0 saturated carbocycles. The summed E-state index contributed by atoms with van der Waals surface area (Å²) in [6, 6.07) is 18.7. The van der Waals surface area contributed by atoms with Gasteiger partial charge in [-0.05, 0) is 30.5 Å². The number of hydrogen-bond acceptors (Lipinski definition) is 2. The van der Waals surface area contributed by atoms with Gasteiger partial charge in [0.05, 0.1) is 11.0 Å². The summed E-state index contributed by atoms with van der Waals surface area (Å²) >= 11 is 0. The highest BCUT2D eigenvalue weighted by molar-refractivity contribution is 5.81. The van der Waals surface area contributed by atoms with Crippen molar-refractivity contribution in [3.63, 3.8) is 0 Å². The number of carbonyl (C=O) groups excluding carboxylic acids is 1. The number of carbonyl (C=O) groups is 1. The lowest BCUT2D eigenvalue weighted by molar-refractivity contribution is -0.127. The van der Waals surface area contributed by atoms with E-state index in [1.807, 2.05) is 17.0 Å². The summed E-state index contributed by atoms with van der Waals surface area (Å²) in [5.74, 6) is 1.52. The molecule has 1 aliphatic heterocycles. The summed E-state index contributed by atoms with van der Waals surface area (Å²) in [7, 11) is 0. The van der Waals surface area contributed by atoms with Crippen molar-refractivity contribution in [2.45, 2.75) is 38.6 Å². The summed E-state index contributed by atoms with van der Waals surface area (Å²) in [6.07, 6.45) is 2.54. The molecule has 0 aliphatic carbocycles. The first kappa shape index (κ1) is 16.8. The number of hydrogen-bond donors (Lipinski definition) is 0. The van der Waals surface area contributed by atoms with E-state index in [-0.39, 0.29) is 11.8 Å². The van der Waals surface area contributed by atoms with E-state index in [2.05, 4.69) is 54.0 Å². The zero-order chi connectivity index (χ0) is 17.9. The highest BCUT2D eigenvalue weighted by Gasteiger charge is 2.33. The van der Waals surface area contributed by atoms with Crippen molar-refractivity contribution in [1.82, 2.24) is 14.5 Å². The Hall–Kier alpha value is -2.62. The summed E-state index contributed by atoms with van der Waals surface area (Å²) in [4.78, 5) is 19.4. The zero-order valence-corrected chi connectivity index (χ0v) is 15.3. The molecule has 134 valence electrons. The number of aryl methyl sites for hydroxylation is 1. The Morgan fingerprint density at radius 1 is 1.04 bits per heavy atom. The fraction of sp³-hybridized carbons (Fsp3) is 0.364. The average molecular weight is 347 g/mol. The summed E-state index contributed by atoms with van der Waals surface area (Å²) in [5, 5.41) is 0. The Bertz CT molecular complexity index is 900. The minimum atomic E-state index is 0.192. The first-order valence-corrected chi connectivity index (χ1v) is 9.53. The molecular weight excluding hydrogens is 322 g/mol. The molecule has 0 radical (unpaired) electrons. The standard InChI is InChI=1S/C22H25N3O/c1-2-13-25-20-11-7-6-10-19(20)23-22(25)18-15-21(26)24(16-18)14-12-17-8-4-3-5-9-17/h3-11,18H,2,12-16H2,1H3/t18-/m0/s1. The maximum atomic E-state index is 12.6. The topological polar surface area (TPSA) is 38.1 Å². The predicted octanol–water partition coefficient (Wildman–Crippen LogP) is 4.00. The smallest absolute Gasteiger partial charge is 0.223 e. The molecule has 2 aromatic carbocycles. The maximum Gasteiger partial charge on any atom is 0.223 e. The quantitative estimate of drug-likeness (QED) is 0.676. The molecule has 4 rings (SSSR count). The van der Waals surface area contributed by atoms with Crippen LogP contribution in [0.5, 0.6) is 0 Å². The van der Waals surface area contributed by atoms with Gasteiger partial charge < -0.3 is 9.47 Å². The second-order valence-electron chi connectivity index (χ2n) is 7.09. The Balaban J connectivity index is 1.53. The van der Waals surface area contributed by atoms with Crippen LogP contribution in [-0.2, 0) is 17.8 Å². The molecule has 1 aromatic heterocycles. The summed E-state index contributed by atoms with van der Waals surface area (Å²) < 4.78 is 2.31. The van der Waals surface area contributed by atoms with Crippen molar-refractivity contribution in [2.75, 3.05) is 13.1 Å². The van der Waals surface area contributed by atoms with Crippen LogP contribution in [0.1, 0.15) is 37.1 Å². The molecule has 4 nitrogen and oxygen atoms in total. The number of nitrogens with zero attached hydrogens (tertiary/aromatic N) is 3. The Kier molecular flexibility index (Phi) is 4.74. The maximum absolute atomic E-state index is 12.6. The first-order valence-electron chi connectivity index (χ1n) is 9.53. The van der Waals surface area contributed by atoms with Crippen molar-refractivity contribution in [1.29, 1.82) is 0 Å². The second-order valence-corrected chi connectivity index (χ2v) is 7.09. The Morgan fingerprint density at radius 2 is 1.81 bits per heavy atom. The largest absolute Gasteiger partial charge is 0.342 e. The molecule has 0 N–H and O–H groups in total. The van der Waals surface area contributed by atoms with Crippen LogP contribution in [0.4, 0.5) is 0 Å². The van der Waals surface area contributed by atoms with Crippen LogP contribution in [-0.4, -0.2) is 33.4 Å². The molecule has 1 saturated heterocycles. The molecule has 1 fully saturated rings. The molecule has 1 atom stereocenters.